The number of nitro groups is 1. The zero-order valence-electron chi connectivity index (χ0n) is 17.0. The zero-order chi connectivity index (χ0) is 21.8. The Bertz CT molecular complexity index is 1090. The molecule has 0 fully saturated rings. The number of nitrogens with one attached hydrogen (secondary N) is 1. The molecule has 0 saturated heterocycles. The van der Waals surface area contributed by atoms with Gasteiger partial charge in [-0.15, -0.1) is 0 Å². The smallest absolute Gasteiger partial charge is 0.278 e. The Morgan fingerprint density at radius 1 is 1.17 bits per heavy atom. The van der Waals surface area contributed by atoms with E-state index < -0.39 is 10.8 Å². The Balaban J connectivity index is 1.80. The van der Waals surface area contributed by atoms with Gasteiger partial charge in [0.1, 0.15) is 23.9 Å². The lowest BCUT2D eigenvalue weighted by Crippen LogP contribution is -2.16. The average Bonchev–Trinajstić information content (AvgIpc) is 3.06. The van der Waals surface area contributed by atoms with E-state index in [1.54, 1.807) is 6.92 Å². The SMILES string of the molecule is COc1cc([N+](=O)[O-])ccc1NC(=O)c1noc(C)c1COc1cc(C)cc(C)c1. The van der Waals surface area contributed by atoms with Crippen molar-refractivity contribution in [3.63, 3.8) is 0 Å². The fourth-order valence-electron chi connectivity index (χ4n) is 2.99. The van der Waals surface area contributed by atoms with Gasteiger partial charge >= 0.3 is 0 Å². The fourth-order valence-corrected chi connectivity index (χ4v) is 2.99. The Hall–Kier alpha value is -3.88. The number of carbonyl (C=O) groups is 1. The summed E-state index contributed by atoms with van der Waals surface area (Å²) in [7, 11) is 1.36. The van der Waals surface area contributed by atoms with Gasteiger partial charge in [0.2, 0.25) is 0 Å². The first kappa shape index (κ1) is 20.8. The van der Waals surface area contributed by atoms with Crippen LogP contribution in [0, 0.1) is 30.9 Å². The topological polar surface area (TPSA) is 117 Å². The van der Waals surface area contributed by atoms with Crippen LogP contribution in [-0.4, -0.2) is 23.1 Å². The molecule has 156 valence electrons. The zero-order valence-corrected chi connectivity index (χ0v) is 17.0. The van der Waals surface area contributed by atoms with Gasteiger partial charge in [-0.3, -0.25) is 14.9 Å². The van der Waals surface area contributed by atoms with Crippen LogP contribution >= 0.6 is 0 Å². The van der Waals surface area contributed by atoms with E-state index >= 15 is 0 Å². The summed E-state index contributed by atoms with van der Waals surface area (Å²) >= 11 is 0. The molecule has 0 bridgehead atoms. The van der Waals surface area contributed by atoms with Crippen molar-refractivity contribution in [2.75, 3.05) is 12.4 Å². The van der Waals surface area contributed by atoms with Crippen LogP contribution in [-0.2, 0) is 6.61 Å². The lowest BCUT2D eigenvalue weighted by atomic mass is 10.1. The summed E-state index contributed by atoms with van der Waals surface area (Å²) in [6.45, 7) is 5.73. The average molecular weight is 411 g/mol. The molecule has 0 spiro atoms. The van der Waals surface area contributed by atoms with Crippen molar-refractivity contribution in [3.05, 3.63) is 74.7 Å². The Labute approximate surface area is 172 Å². The molecule has 1 N–H and O–H groups in total. The number of rotatable bonds is 7. The predicted molar refractivity (Wildman–Crippen MR) is 109 cm³/mol. The van der Waals surface area contributed by atoms with E-state index in [9.17, 15) is 14.9 Å². The molecular weight excluding hydrogens is 390 g/mol. The van der Waals surface area contributed by atoms with Crippen LogP contribution in [0.15, 0.2) is 40.9 Å². The van der Waals surface area contributed by atoms with Crippen molar-refractivity contribution in [1.82, 2.24) is 5.16 Å². The van der Waals surface area contributed by atoms with Crippen LogP contribution in [0.4, 0.5) is 11.4 Å². The molecule has 0 aliphatic carbocycles. The van der Waals surface area contributed by atoms with E-state index in [0.29, 0.717) is 17.1 Å². The standard InChI is InChI=1S/C21H21N3O6/c1-12-7-13(2)9-16(8-12)29-11-17-14(3)30-23-20(17)21(25)22-18-6-5-15(24(26)27)10-19(18)28-4/h5-10H,11H2,1-4H3,(H,22,25). The molecule has 30 heavy (non-hydrogen) atoms. The number of amides is 1. The van der Waals surface area contributed by atoms with E-state index in [1.165, 1.54) is 25.3 Å². The maximum atomic E-state index is 12.8. The van der Waals surface area contributed by atoms with Crippen LogP contribution in [0.25, 0.3) is 0 Å². The van der Waals surface area contributed by atoms with Gasteiger partial charge in [0.25, 0.3) is 11.6 Å². The molecule has 1 amide bonds. The summed E-state index contributed by atoms with van der Waals surface area (Å²) in [5.41, 5.74) is 2.83. The van der Waals surface area contributed by atoms with Gasteiger partial charge in [-0.2, -0.15) is 0 Å². The molecule has 9 nitrogen and oxygen atoms in total. The maximum absolute atomic E-state index is 12.8. The summed E-state index contributed by atoms with van der Waals surface area (Å²) in [5.74, 6) is 0.750. The van der Waals surface area contributed by atoms with Crippen LogP contribution in [0.1, 0.15) is 32.9 Å². The molecule has 0 aliphatic rings. The van der Waals surface area contributed by atoms with Crippen molar-refractivity contribution in [2.24, 2.45) is 0 Å². The number of methoxy groups -OCH3 is 1. The first-order valence-electron chi connectivity index (χ1n) is 9.08. The monoisotopic (exact) mass is 411 g/mol. The van der Waals surface area contributed by atoms with Gasteiger partial charge in [-0.05, 0) is 50.1 Å². The number of nitrogens with zero attached hydrogens (tertiary/aromatic N) is 2. The van der Waals surface area contributed by atoms with Gasteiger partial charge in [0.05, 0.1) is 29.4 Å². The molecule has 1 aromatic heterocycles. The minimum absolute atomic E-state index is 0.0669. The molecule has 0 saturated carbocycles. The first-order chi connectivity index (χ1) is 14.3. The summed E-state index contributed by atoms with van der Waals surface area (Å²) < 4.78 is 16.2. The number of anilines is 1. The second-order valence-corrected chi connectivity index (χ2v) is 6.77. The molecule has 0 radical (unpaired) electrons. The second kappa shape index (κ2) is 8.64. The van der Waals surface area contributed by atoms with E-state index in [0.717, 1.165) is 11.1 Å². The summed E-state index contributed by atoms with van der Waals surface area (Å²) in [4.78, 5) is 23.2. The molecule has 0 atom stereocenters. The molecule has 2 aromatic carbocycles. The third kappa shape index (κ3) is 4.57. The van der Waals surface area contributed by atoms with E-state index in [-0.39, 0.29) is 29.4 Å². The number of hydrogen-bond acceptors (Lipinski definition) is 7. The fraction of sp³-hybridized carbons (Fsp3) is 0.238. The van der Waals surface area contributed by atoms with Crippen LogP contribution < -0.4 is 14.8 Å². The lowest BCUT2D eigenvalue weighted by molar-refractivity contribution is -0.384. The van der Waals surface area contributed by atoms with E-state index in [1.807, 2.05) is 32.0 Å². The Morgan fingerprint density at radius 2 is 1.87 bits per heavy atom. The number of carbonyl (C=O) groups excluding carboxylic acids is 1. The third-order valence-corrected chi connectivity index (χ3v) is 4.42. The normalized spacial score (nSPS) is 10.5. The van der Waals surface area contributed by atoms with Gasteiger partial charge in [0.15, 0.2) is 5.69 Å². The van der Waals surface area contributed by atoms with Crippen molar-refractivity contribution in [1.29, 1.82) is 0 Å². The van der Waals surface area contributed by atoms with Gasteiger partial charge < -0.3 is 19.3 Å². The molecule has 1 heterocycles. The number of aromatic nitrogens is 1. The van der Waals surface area contributed by atoms with E-state index in [2.05, 4.69) is 10.5 Å². The highest BCUT2D eigenvalue weighted by molar-refractivity contribution is 6.04. The highest BCUT2D eigenvalue weighted by Gasteiger charge is 2.22. The number of benzene rings is 2. The summed E-state index contributed by atoms with van der Waals surface area (Å²) in [6, 6.07) is 9.74. The van der Waals surface area contributed by atoms with Crippen LogP contribution in [0.3, 0.4) is 0 Å². The maximum Gasteiger partial charge on any atom is 0.278 e. The van der Waals surface area contributed by atoms with Crippen molar-refractivity contribution < 1.29 is 23.7 Å². The van der Waals surface area contributed by atoms with Crippen LogP contribution in [0.5, 0.6) is 11.5 Å². The minimum atomic E-state index is -0.544. The van der Waals surface area contributed by atoms with E-state index in [4.69, 9.17) is 14.0 Å². The highest BCUT2D eigenvalue weighted by atomic mass is 16.6. The van der Waals surface area contributed by atoms with Crippen LogP contribution in [0.2, 0.25) is 0 Å². The first-order valence-corrected chi connectivity index (χ1v) is 9.08. The molecule has 9 heteroatoms. The lowest BCUT2D eigenvalue weighted by Gasteiger charge is -2.11. The largest absolute Gasteiger partial charge is 0.494 e. The summed E-state index contributed by atoms with van der Waals surface area (Å²) in [6.07, 6.45) is 0. The van der Waals surface area contributed by atoms with Crippen molar-refractivity contribution >= 4 is 17.3 Å². The van der Waals surface area contributed by atoms with Gasteiger partial charge in [-0.1, -0.05) is 11.2 Å². The summed E-state index contributed by atoms with van der Waals surface area (Å²) in [5, 5.41) is 17.4. The number of ether oxygens (including phenoxy) is 2. The molecule has 3 aromatic rings. The predicted octanol–water partition coefficient (Wildman–Crippen LogP) is 4.35. The number of nitro benzene ring substituents is 1. The molecule has 0 aliphatic heterocycles. The van der Waals surface area contributed by atoms with Crippen molar-refractivity contribution in [3.8, 4) is 11.5 Å². The van der Waals surface area contributed by atoms with Gasteiger partial charge in [0, 0.05) is 6.07 Å². The second-order valence-electron chi connectivity index (χ2n) is 6.77. The molecule has 3 rings (SSSR count). The Morgan fingerprint density at radius 3 is 2.50 bits per heavy atom. The Kier molecular flexibility index (Phi) is 6.01. The number of aryl methyl sites for hydroxylation is 3. The number of non-ortho nitro benzene ring substituents is 1. The molecule has 0 unspecified atom stereocenters. The molecular formula is C21H21N3O6. The highest BCUT2D eigenvalue weighted by Crippen LogP contribution is 2.30. The quantitative estimate of drug-likeness (QED) is 0.454. The minimum Gasteiger partial charge on any atom is -0.494 e. The number of hydrogen-bond donors (Lipinski definition) is 1. The van der Waals surface area contributed by atoms with Gasteiger partial charge in [-0.25, -0.2) is 0 Å². The third-order valence-electron chi connectivity index (χ3n) is 4.42. The van der Waals surface area contributed by atoms with Crippen molar-refractivity contribution in [2.45, 2.75) is 27.4 Å².